The van der Waals surface area contributed by atoms with E-state index in [2.05, 4.69) is 48.0 Å². The number of benzene rings is 4. The van der Waals surface area contributed by atoms with Gasteiger partial charge >= 0.3 is 0 Å². The molecule has 2 heterocycles. The molecule has 21 heteroatoms. The van der Waals surface area contributed by atoms with E-state index in [1.165, 1.54) is 25.6 Å². The summed E-state index contributed by atoms with van der Waals surface area (Å²) in [4.78, 5) is 16.7. The zero-order valence-electron chi connectivity index (χ0n) is 37.8. The lowest BCUT2D eigenvalue weighted by atomic mass is 10.0. The molecule has 6 aromatic rings. The van der Waals surface area contributed by atoms with Gasteiger partial charge in [0.2, 0.25) is 11.2 Å². The number of nitrogens with zero attached hydrogens (tertiary/aromatic N) is 6. The molecule has 6 rings (SSSR count). The molecule has 0 radical (unpaired) electrons. The number of rotatable bonds is 14. The predicted octanol–water partition coefficient (Wildman–Crippen LogP) is 10.5. The van der Waals surface area contributed by atoms with E-state index >= 15 is 0 Å². The van der Waals surface area contributed by atoms with Gasteiger partial charge in [0.05, 0.1) is 94.6 Å². The highest BCUT2D eigenvalue weighted by molar-refractivity contribution is 7.92. The third kappa shape index (κ3) is 13.8. The molecule has 4 aromatic carbocycles. The van der Waals surface area contributed by atoms with Crippen LogP contribution in [0.5, 0.6) is 11.5 Å². The lowest BCUT2D eigenvalue weighted by molar-refractivity contribution is 0.416. The number of nitrogens with two attached hydrogens (primary N) is 1. The van der Waals surface area contributed by atoms with Crippen molar-refractivity contribution < 1.29 is 26.3 Å². The summed E-state index contributed by atoms with van der Waals surface area (Å²) in [6.45, 7) is 10.3. The number of aromatic nitrogens is 4. The van der Waals surface area contributed by atoms with Crippen LogP contribution in [0.2, 0.25) is 15.3 Å². The third-order valence-electron chi connectivity index (χ3n) is 9.73. The first-order valence-electron chi connectivity index (χ1n) is 20.2. The van der Waals surface area contributed by atoms with E-state index in [0.717, 1.165) is 22.3 Å². The van der Waals surface area contributed by atoms with E-state index in [0.29, 0.717) is 40.7 Å². The molecule has 0 saturated carbocycles. The van der Waals surface area contributed by atoms with Crippen molar-refractivity contribution in [2.75, 3.05) is 35.9 Å². The Bertz CT molecular complexity index is 3040. The molecule has 0 saturated heterocycles. The van der Waals surface area contributed by atoms with Crippen LogP contribution in [-0.4, -0.2) is 61.5 Å². The van der Waals surface area contributed by atoms with Crippen LogP contribution < -0.4 is 31.2 Å². The summed E-state index contributed by atoms with van der Waals surface area (Å²) in [5, 5.41) is 26.0. The van der Waals surface area contributed by atoms with E-state index < -0.39 is 30.2 Å². The number of ether oxygens (including phenoxy) is 2. The number of methoxy groups -OCH3 is 2. The molecule has 0 amide bonds. The number of sulfone groups is 2. The second kappa shape index (κ2) is 23.9. The van der Waals surface area contributed by atoms with E-state index in [1.54, 1.807) is 83.3 Å². The number of anilines is 7. The zero-order chi connectivity index (χ0) is 49.6. The SMILES string of the molecule is CC(C)S(=O)(=O)c1ccccc1Nc1nc(Cl)ncc1Cl.COc1cc(CC#N)c(C)cc1N.COc1cc(CC#N)c(C)cc1Nc1ncc(Cl)c(Nc2ccccc2S(=O)(=O)C(C)C)n1. The van der Waals surface area contributed by atoms with Crippen LogP contribution in [0.3, 0.4) is 0 Å². The van der Waals surface area contributed by atoms with Gasteiger partial charge in [-0.3, -0.25) is 0 Å². The molecule has 0 spiro atoms. The quantitative estimate of drug-likeness (QED) is 0.0585. The van der Waals surface area contributed by atoms with Crippen LogP contribution in [0.15, 0.2) is 95.0 Å². The van der Waals surface area contributed by atoms with Crippen LogP contribution in [0.1, 0.15) is 49.9 Å². The van der Waals surface area contributed by atoms with Gasteiger partial charge in [0, 0.05) is 0 Å². The molecule has 5 N–H and O–H groups in total. The Morgan fingerprint density at radius 1 is 0.642 bits per heavy atom. The monoisotopic (exact) mass is 1010 g/mol. The Labute approximate surface area is 406 Å². The van der Waals surface area contributed by atoms with Crippen molar-refractivity contribution in [1.29, 1.82) is 10.5 Å². The van der Waals surface area contributed by atoms with Gasteiger partial charge in [0.15, 0.2) is 31.3 Å². The summed E-state index contributed by atoms with van der Waals surface area (Å²) in [7, 11) is -3.86. The molecule has 352 valence electrons. The summed E-state index contributed by atoms with van der Waals surface area (Å²) < 4.78 is 60.7. The second-order valence-electron chi connectivity index (χ2n) is 14.9. The maximum atomic E-state index is 12.8. The van der Waals surface area contributed by atoms with E-state index in [-0.39, 0.29) is 49.1 Å². The van der Waals surface area contributed by atoms with Crippen molar-refractivity contribution in [1.82, 2.24) is 19.9 Å². The van der Waals surface area contributed by atoms with Gasteiger partial charge in [-0.2, -0.15) is 20.5 Å². The molecular formula is C46H49Cl3N10O6S2. The van der Waals surface area contributed by atoms with Crippen molar-refractivity contribution in [2.45, 2.75) is 74.7 Å². The highest BCUT2D eigenvalue weighted by Gasteiger charge is 2.24. The minimum absolute atomic E-state index is 0.0195. The summed E-state index contributed by atoms with van der Waals surface area (Å²) in [5.41, 5.74) is 11.5. The Kier molecular flexibility index (Phi) is 18.9. The molecule has 2 aromatic heterocycles. The van der Waals surface area contributed by atoms with Crippen molar-refractivity contribution in [3.8, 4) is 23.6 Å². The molecule has 0 aliphatic rings. The maximum Gasteiger partial charge on any atom is 0.229 e. The number of aryl methyl sites for hydroxylation is 2. The molecule has 0 fully saturated rings. The number of nitrogens with one attached hydrogen (secondary N) is 3. The first-order valence-corrected chi connectivity index (χ1v) is 24.4. The van der Waals surface area contributed by atoms with Crippen molar-refractivity contribution in [2.24, 2.45) is 0 Å². The van der Waals surface area contributed by atoms with Gasteiger partial charge in [-0.1, -0.05) is 47.5 Å². The van der Waals surface area contributed by atoms with Crippen LogP contribution in [-0.2, 0) is 32.5 Å². The zero-order valence-corrected chi connectivity index (χ0v) is 41.7. The van der Waals surface area contributed by atoms with Crippen LogP contribution >= 0.6 is 34.8 Å². The summed E-state index contributed by atoms with van der Waals surface area (Å²) in [5.74, 6) is 1.90. The van der Waals surface area contributed by atoms with E-state index in [9.17, 15) is 16.8 Å². The summed E-state index contributed by atoms with van der Waals surface area (Å²) in [6.07, 6.45) is 3.43. The average molecular weight is 1010 g/mol. The van der Waals surface area contributed by atoms with Gasteiger partial charge in [0.25, 0.3) is 0 Å². The Morgan fingerprint density at radius 3 is 1.57 bits per heavy atom. The summed E-state index contributed by atoms with van der Waals surface area (Å²) >= 11 is 18.0. The molecule has 16 nitrogen and oxygen atoms in total. The lowest BCUT2D eigenvalue weighted by Gasteiger charge is -2.16. The highest BCUT2D eigenvalue weighted by Crippen LogP contribution is 2.34. The molecule has 67 heavy (non-hydrogen) atoms. The van der Waals surface area contributed by atoms with Gasteiger partial charge in [0.1, 0.15) is 21.5 Å². The average Bonchev–Trinajstić information content (AvgIpc) is 3.28. The lowest BCUT2D eigenvalue weighted by Crippen LogP contribution is -2.15. The topological polar surface area (TPSA) is 248 Å². The first kappa shape index (κ1) is 53.2. The molecule has 0 aliphatic carbocycles. The number of nitrogen functional groups attached to an aromatic ring is 1. The van der Waals surface area contributed by atoms with Crippen molar-refractivity contribution >= 4 is 94.8 Å². The van der Waals surface area contributed by atoms with E-state index in [1.807, 2.05) is 32.0 Å². The fourth-order valence-electron chi connectivity index (χ4n) is 5.94. The maximum absolute atomic E-state index is 12.8. The number of para-hydroxylation sites is 2. The van der Waals surface area contributed by atoms with Crippen LogP contribution in [0, 0.1) is 36.5 Å². The Morgan fingerprint density at radius 2 is 1.09 bits per heavy atom. The first-order chi connectivity index (χ1) is 31.7. The van der Waals surface area contributed by atoms with Crippen LogP contribution in [0.25, 0.3) is 0 Å². The van der Waals surface area contributed by atoms with Gasteiger partial charge in [-0.25, -0.2) is 26.8 Å². The largest absolute Gasteiger partial charge is 0.495 e. The Balaban J connectivity index is 0.000000245. The number of nitriles is 2. The van der Waals surface area contributed by atoms with E-state index in [4.69, 9.17) is 60.5 Å². The van der Waals surface area contributed by atoms with Gasteiger partial charge < -0.3 is 31.2 Å². The normalized spacial score (nSPS) is 11.0. The van der Waals surface area contributed by atoms with Gasteiger partial charge in [-0.05, 0) is 124 Å². The standard InChI is InChI=1S/C23H24ClN5O3S.C13H13Cl2N3O2S.C10H12N2O/c1-14(2)33(30,31)21-8-6-5-7-18(21)27-22-17(24)13-26-23(29-22)28-19-11-15(3)16(9-10-25)12-20(19)32-4;1-8(2)21(19,20)11-6-4-3-5-10(11)17-12-9(14)7-16-13(15)18-12;1-7-5-9(12)10(13-2)6-8(7)3-4-11/h5-8,11-14H,9H2,1-4H3,(H2,26,27,28,29);3-8H,1-2H3,(H,16,17,18);5-6H,3,12H2,1-2H3. The minimum atomic E-state index is -3.53. The van der Waals surface area contributed by atoms with Crippen LogP contribution in [0.4, 0.5) is 40.3 Å². The molecule has 0 atom stereocenters. The fraction of sp³-hybridized carbons (Fsp3) is 0.261. The Hall–Kier alpha value is -6.41. The summed E-state index contributed by atoms with van der Waals surface area (Å²) in [6, 6.07) is 24.7. The third-order valence-corrected chi connectivity index (χ3v) is 14.9. The van der Waals surface area contributed by atoms with Crippen molar-refractivity contribution in [3.05, 3.63) is 123 Å². The van der Waals surface area contributed by atoms with Gasteiger partial charge in [-0.15, -0.1) is 0 Å². The number of halogens is 3. The predicted molar refractivity (Wildman–Crippen MR) is 265 cm³/mol. The molecule has 0 unspecified atom stereocenters. The second-order valence-corrected chi connectivity index (χ2v) is 21.0. The molecular weight excluding hydrogens is 959 g/mol. The smallest absolute Gasteiger partial charge is 0.229 e. The van der Waals surface area contributed by atoms with Crippen molar-refractivity contribution in [3.63, 3.8) is 0 Å². The highest BCUT2D eigenvalue weighted by atomic mass is 35.5. The minimum Gasteiger partial charge on any atom is -0.495 e. The number of hydrogen-bond donors (Lipinski definition) is 4. The molecule has 0 aliphatic heterocycles. The number of hydrogen-bond acceptors (Lipinski definition) is 16. The molecule has 0 bridgehead atoms. The fourth-order valence-corrected chi connectivity index (χ4v) is 8.76.